The van der Waals surface area contributed by atoms with Crippen molar-refractivity contribution in [2.24, 2.45) is 0 Å². The fourth-order valence-electron chi connectivity index (χ4n) is 1.88. The third-order valence-electron chi connectivity index (χ3n) is 3.00. The zero-order chi connectivity index (χ0) is 15.5. The number of hydrogen-bond donors (Lipinski definition) is 2. The van der Waals surface area contributed by atoms with Crippen molar-refractivity contribution in [3.63, 3.8) is 0 Å². The standard InChI is InChI=1S/C14H20N4O2S/c1-11(2)18-10-13(9-16-18)17-21(19,20)14-6-4-12(5-7-14)8-15-3/h4-7,9-11,15,17H,8H2,1-3H3. The molecule has 2 aromatic rings. The molecule has 0 radical (unpaired) electrons. The minimum absolute atomic E-state index is 0.184. The van der Waals surface area contributed by atoms with E-state index in [0.29, 0.717) is 12.2 Å². The average Bonchev–Trinajstić information content (AvgIpc) is 2.88. The van der Waals surface area contributed by atoms with E-state index in [0.717, 1.165) is 5.56 Å². The highest BCUT2D eigenvalue weighted by Gasteiger charge is 2.15. The third-order valence-corrected chi connectivity index (χ3v) is 4.39. The number of hydrogen-bond acceptors (Lipinski definition) is 4. The van der Waals surface area contributed by atoms with Crippen molar-refractivity contribution in [3.8, 4) is 0 Å². The van der Waals surface area contributed by atoms with Crippen molar-refractivity contribution in [1.82, 2.24) is 15.1 Å². The van der Waals surface area contributed by atoms with Gasteiger partial charge < -0.3 is 5.32 Å². The lowest BCUT2D eigenvalue weighted by Crippen LogP contribution is -2.13. The molecule has 0 aliphatic rings. The summed E-state index contributed by atoms with van der Waals surface area (Å²) >= 11 is 0. The molecular weight excluding hydrogens is 288 g/mol. The summed E-state index contributed by atoms with van der Waals surface area (Å²) < 4.78 is 28.8. The maximum atomic E-state index is 12.3. The van der Waals surface area contributed by atoms with Gasteiger partial charge in [-0.3, -0.25) is 9.40 Å². The molecule has 1 heterocycles. The average molecular weight is 308 g/mol. The Balaban J connectivity index is 2.17. The van der Waals surface area contributed by atoms with Gasteiger partial charge in [-0.15, -0.1) is 0 Å². The summed E-state index contributed by atoms with van der Waals surface area (Å²) in [5.74, 6) is 0. The molecule has 0 bridgehead atoms. The van der Waals surface area contributed by atoms with Crippen LogP contribution in [-0.4, -0.2) is 25.2 Å². The number of rotatable bonds is 6. The first-order valence-electron chi connectivity index (χ1n) is 6.73. The molecule has 2 N–H and O–H groups in total. The van der Waals surface area contributed by atoms with E-state index in [9.17, 15) is 8.42 Å². The van der Waals surface area contributed by atoms with Crippen LogP contribution in [0, 0.1) is 0 Å². The molecular formula is C14H20N4O2S. The lowest BCUT2D eigenvalue weighted by atomic mass is 10.2. The molecule has 6 nitrogen and oxygen atoms in total. The van der Waals surface area contributed by atoms with Crippen LogP contribution < -0.4 is 10.0 Å². The first-order valence-corrected chi connectivity index (χ1v) is 8.21. The Morgan fingerprint density at radius 3 is 2.43 bits per heavy atom. The smallest absolute Gasteiger partial charge is 0.261 e. The summed E-state index contributed by atoms with van der Waals surface area (Å²) in [7, 11) is -1.74. The number of anilines is 1. The number of aromatic nitrogens is 2. The lowest BCUT2D eigenvalue weighted by Gasteiger charge is -2.07. The quantitative estimate of drug-likeness (QED) is 0.855. The van der Waals surface area contributed by atoms with Crippen LogP contribution >= 0.6 is 0 Å². The van der Waals surface area contributed by atoms with Crippen molar-refractivity contribution >= 4 is 15.7 Å². The molecule has 0 spiro atoms. The molecule has 1 aromatic heterocycles. The van der Waals surface area contributed by atoms with Gasteiger partial charge in [0.2, 0.25) is 0 Å². The molecule has 1 aromatic carbocycles. The van der Waals surface area contributed by atoms with Crippen LogP contribution in [0.4, 0.5) is 5.69 Å². The Morgan fingerprint density at radius 1 is 1.24 bits per heavy atom. The zero-order valence-corrected chi connectivity index (χ0v) is 13.2. The Bertz CT molecular complexity index is 690. The molecule has 0 saturated carbocycles. The minimum Gasteiger partial charge on any atom is -0.316 e. The molecule has 0 aliphatic heterocycles. The van der Waals surface area contributed by atoms with Gasteiger partial charge in [-0.2, -0.15) is 5.10 Å². The Hall–Kier alpha value is -1.86. The Kier molecular flexibility index (Phi) is 4.64. The summed E-state index contributed by atoms with van der Waals surface area (Å²) in [6.45, 7) is 4.66. The number of nitrogens with one attached hydrogen (secondary N) is 2. The van der Waals surface area contributed by atoms with E-state index in [-0.39, 0.29) is 10.9 Å². The second-order valence-corrected chi connectivity index (χ2v) is 6.76. The summed E-state index contributed by atoms with van der Waals surface area (Å²) in [4.78, 5) is 0.236. The van der Waals surface area contributed by atoms with E-state index >= 15 is 0 Å². The van der Waals surface area contributed by atoms with E-state index < -0.39 is 10.0 Å². The van der Waals surface area contributed by atoms with Crippen LogP contribution in [0.5, 0.6) is 0 Å². The van der Waals surface area contributed by atoms with Gasteiger partial charge in [-0.1, -0.05) is 12.1 Å². The normalized spacial score (nSPS) is 11.8. The van der Waals surface area contributed by atoms with E-state index in [4.69, 9.17) is 0 Å². The highest BCUT2D eigenvalue weighted by molar-refractivity contribution is 7.92. The Labute approximate surface area is 125 Å². The molecule has 7 heteroatoms. The summed E-state index contributed by atoms with van der Waals surface area (Å²) in [6.07, 6.45) is 3.19. The third kappa shape index (κ3) is 3.83. The van der Waals surface area contributed by atoms with E-state index in [1.54, 1.807) is 35.1 Å². The molecule has 0 atom stereocenters. The summed E-state index contributed by atoms with van der Waals surface area (Å²) in [5.41, 5.74) is 1.49. The predicted octanol–water partition coefficient (Wildman–Crippen LogP) is 1.98. The van der Waals surface area contributed by atoms with E-state index in [1.165, 1.54) is 6.20 Å². The van der Waals surface area contributed by atoms with Gasteiger partial charge in [0, 0.05) is 18.8 Å². The molecule has 0 saturated heterocycles. The Morgan fingerprint density at radius 2 is 1.90 bits per heavy atom. The van der Waals surface area contributed by atoms with Crippen LogP contribution in [-0.2, 0) is 16.6 Å². The molecule has 0 aliphatic carbocycles. The van der Waals surface area contributed by atoms with Crippen LogP contribution in [0.3, 0.4) is 0 Å². The van der Waals surface area contributed by atoms with E-state index in [2.05, 4.69) is 15.1 Å². The topological polar surface area (TPSA) is 76.0 Å². The largest absolute Gasteiger partial charge is 0.316 e. The highest BCUT2D eigenvalue weighted by Crippen LogP contribution is 2.17. The SMILES string of the molecule is CNCc1ccc(S(=O)(=O)Nc2cnn(C(C)C)c2)cc1. The van der Waals surface area contributed by atoms with Crippen LogP contribution in [0.2, 0.25) is 0 Å². The van der Waals surface area contributed by atoms with Crippen LogP contribution in [0.15, 0.2) is 41.6 Å². The van der Waals surface area contributed by atoms with Gasteiger partial charge in [-0.05, 0) is 38.6 Å². The maximum Gasteiger partial charge on any atom is 0.261 e. The zero-order valence-electron chi connectivity index (χ0n) is 12.4. The first-order chi connectivity index (χ1) is 9.92. The van der Waals surface area contributed by atoms with Gasteiger partial charge >= 0.3 is 0 Å². The first kappa shape index (κ1) is 15.5. The van der Waals surface area contributed by atoms with Crippen molar-refractivity contribution in [2.75, 3.05) is 11.8 Å². The van der Waals surface area contributed by atoms with Gasteiger partial charge in [0.05, 0.1) is 16.8 Å². The summed E-state index contributed by atoms with van der Waals surface area (Å²) in [6, 6.07) is 6.97. The lowest BCUT2D eigenvalue weighted by molar-refractivity contribution is 0.532. The maximum absolute atomic E-state index is 12.3. The molecule has 0 fully saturated rings. The van der Waals surface area contributed by atoms with Crippen molar-refractivity contribution in [3.05, 3.63) is 42.2 Å². The molecule has 114 valence electrons. The van der Waals surface area contributed by atoms with E-state index in [1.807, 2.05) is 20.9 Å². The fraction of sp³-hybridized carbons (Fsp3) is 0.357. The second kappa shape index (κ2) is 6.28. The monoisotopic (exact) mass is 308 g/mol. The van der Waals surface area contributed by atoms with Crippen molar-refractivity contribution < 1.29 is 8.42 Å². The van der Waals surface area contributed by atoms with Gasteiger partial charge in [-0.25, -0.2) is 8.42 Å². The van der Waals surface area contributed by atoms with Crippen LogP contribution in [0.25, 0.3) is 0 Å². The highest BCUT2D eigenvalue weighted by atomic mass is 32.2. The number of sulfonamides is 1. The van der Waals surface area contributed by atoms with Crippen LogP contribution in [0.1, 0.15) is 25.5 Å². The predicted molar refractivity (Wildman–Crippen MR) is 82.6 cm³/mol. The molecule has 2 rings (SSSR count). The molecule has 0 unspecified atom stereocenters. The second-order valence-electron chi connectivity index (χ2n) is 5.08. The van der Waals surface area contributed by atoms with Gasteiger partial charge in [0.15, 0.2) is 0 Å². The molecule has 21 heavy (non-hydrogen) atoms. The fourth-order valence-corrected chi connectivity index (χ4v) is 2.91. The molecule has 0 amide bonds. The van der Waals surface area contributed by atoms with Crippen molar-refractivity contribution in [2.45, 2.75) is 31.3 Å². The number of nitrogens with zero attached hydrogens (tertiary/aromatic N) is 2. The minimum atomic E-state index is -3.58. The summed E-state index contributed by atoms with van der Waals surface area (Å²) in [5, 5.41) is 7.13. The van der Waals surface area contributed by atoms with Gasteiger partial charge in [0.25, 0.3) is 10.0 Å². The van der Waals surface area contributed by atoms with Gasteiger partial charge in [0.1, 0.15) is 0 Å². The number of benzene rings is 1. The van der Waals surface area contributed by atoms with Crippen molar-refractivity contribution in [1.29, 1.82) is 0 Å².